The number of likely N-dealkylation sites (tertiary alicyclic amines) is 2. The summed E-state index contributed by atoms with van der Waals surface area (Å²) in [5.74, 6) is 0.491. The molecule has 0 amide bonds. The third kappa shape index (κ3) is 6.41. The van der Waals surface area contributed by atoms with Crippen molar-refractivity contribution in [3.63, 3.8) is 0 Å². The lowest BCUT2D eigenvalue weighted by atomic mass is 10.1. The van der Waals surface area contributed by atoms with Crippen molar-refractivity contribution in [3.05, 3.63) is 69.5 Å². The van der Waals surface area contributed by atoms with E-state index < -0.39 is 0 Å². The predicted octanol–water partition coefficient (Wildman–Crippen LogP) is 5.98. The molecule has 2 fully saturated rings. The van der Waals surface area contributed by atoms with Crippen molar-refractivity contribution in [2.45, 2.75) is 45.6 Å². The number of halogens is 3. The normalized spacial score (nSPS) is 20.2. The Labute approximate surface area is 195 Å². The molecule has 3 aliphatic rings. The quantitative estimate of drug-likeness (QED) is 0.558. The van der Waals surface area contributed by atoms with Crippen molar-refractivity contribution in [2.24, 2.45) is 0 Å². The van der Waals surface area contributed by atoms with Gasteiger partial charge in [-0.3, -0.25) is 0 Å². The molecule has 1 aromatic rings. The molecule has 0 aliphatic carbocycles. The van der Waals surface area contributed by atoms with Crippen LogP contribution in [-0.4, -0.2) is 42.5 Å². The van der Waals surface area contributed by atoms with E-state index in [0.29, 0.717) is 15.7 Å². The number of hydrogen-bond donors (Lipinski definition) is 2. The molecule has 1 unspecified atom stereocenters. The Hall–Kier alpha value is -1.69. The zero-order valence-electron chi connectivity index (χ0n) is 18.5. The van der Waals surface area contributed by atoms with Gasteiger partial charge in [0.25, 0.3) is 0 Å². The fraction of sp³-hybridized carbons (Fsp3) is 0.500. The van der Waals surface area contributed by atoms with Gasteiger partial charge in [0.15, 0.2) is 5.83 Å². The Morgan fingerprint density at radius 2 is 1.84 bits per heavy atom. The van der Waals surface area contributed by atoms with Crippen molar-refractivity contribution in [3.8, 4) is 0 Å². The van der Waals surface area contributed by atoms with Gasteiger partial charge in [0, 0.05) is 29.2 Å². The molecule has 31 heavy (non-hydrogen) atoms. The molecule has 4 rings (SSSR count). The molecule has 4 nitrogen and oxygen atoms in total. The number of piperidine rings is 1. The Kier molecular flexibility index (Phi) is 8.70. The summed E-state index contributed by atoms with van der Waals surface area (Å²) in [6.07, 6.45) is 7.24. The summed E-state index contributed by atoms with van der Waals surface area (Å²) in [6.45, 7) is 13.8. The average molecular weight is 467 g/mol. The first kappa shape index (κ1) is 24.0. The lowest BCUT2D eigenvalue weighted by molar-refractivity contribution is 0.224. The molecule has 2 saturated heterocycles. The molecule has 3 heterocycles. The van der Waals surface area contributed by atoms with Crippen molar-refractivity contribution in [1.82, 2.24) is 20.4 Å². The molecule has 0 spiro atoms. The van der Waals surface area contributed by atoms with Crippen LogP contribution in [-0.2, 0) is 0 Å². The van der Waals surface area contributed by atoms with Crippen LogP contribution in [0.25, 0.3) is 0 Å². The first-order valence-corrected chi connectivity index (χ1v) is 11.9. The fourth-order valence-electron chi connectivity index (χ4n) is 3.88. The average Bonchev–Trinajstić information content (AvgIpc) is 2.71. The van der Waals surface area contributed by atoms with E-state index in [1.54, 1.807) is 18.2 Å². The van der Waals surface area contributed by atoms with Gasteiger partial charge in [-0.1, -0.05) is 49.2 Å². The van der Waals surface area contributed by atoms with Crippen LogP contribution >= 0.6 is 23.2 Å². The molecule has 1 aromatic carbocycles. The summed E-state index contributed by atoms with van der Waals surface area (Å²) in [4.78, 5) is 4.67. The van der Waals surface area contributed by atoms with E-state index in [4.69, 9.17) is 23.2 Å². The third-order valence-electron chi connectivity index (χ3n) is 5.96. The zero-order valence-corrected chi connectivity index (χ0v) is 20.0. The van der Waals surface area contributed by atoms with Gasteiger partial charge in [-0.15, -0.1) is 0 Å². The van der Waals surface area contributed by atoms with Crippen LogP contribution in [0.5, 0.6) is 0 Å². The summed E-state index contributed by atoms with van der Waals surface area (Å²) in [5, 5.41) is 7.32. The Morgan fingerprint density at radius 1 is 1.13 bits per heavy atom. The van der Waals surface area contributed by atoms with Gasteiger partial charge >= 0.3 is 0 Å². The van der Waals surface area contributed by atoms with Crippen molar-refractivity contribution >= 4 is 23.2 Å². The largest absolute Gasteiger partial charge is 0.376 e. The van der Waals surface area contributed by atoms with Gasteiger partial charge in [-0.05, 0) is 63.5 Å². The smallest absolute Gasteiger partial charge is 0.169 e. The minimum atomic E-state index is -0.383. The topological polar surface area (TPSA) is 30.5 Å². The molecule has 0 radical (unpaired) electrons. The zero-order chi connectivity index (χ0) is 22.4. The summed E-state index contributed by atoms with van der Waals surface area (Å²) in [6, 6.07) is 5.13. The van der Waals surface area contributed by atoms with Crippen LogP contribution in [0.4, 0.5) is 4.39 Å². The van der Waals surface area contributed by atoms with Gasteiger partial charge in [-0.25, -0.2) is 4.39 Å². The highest BCUT2D eigenvalue weighted by molar-refractivity contribution is 6.35. The minimum absolute atomic E-state index is 0.166. The van der Waals surface area contributed by atoms with E-state index in [-0.39, 0.29) is 17.6 Å². The first-order valence-electron chi connectivity index (χ1n) is 11.2. The maximum atomic E-state index is 14.4. The molecular weight excluding hydrogens is 434 g/mol. The van der Waals surface area contributed by atoms with Gasteiger partial charge in [0.05, 0.1) is 17.4 Å². The van der Waals surface area contributed by atoms with Crippen LogP contribution in [0, 0.1) is 0 Å². The molecule has 1 atom stereocenters. The number of hydrogen-bond acceptors (Lipinski definition) is 4. The summed E-state index contributed by atoms with van der Waals surface area (Å²) in [7, 11) is 0. The number of nitrogens with zero attached hydrogens (tertiary/aromatic N) is 2. The van der Waals surface area contributed by atoms with Crippen LogP contribution in [0.3, 0.4) is 0 Å². The second kappa shape index (κ2) is 11.3. The van der Waals surface area contributed by atoms with Crippen molar-refractivity contribution in [1.29, 1.82) is 0 Å². The van der Waals surface area contributed by atoms with Crippen LogP contribution in [0.2, 0.25) is 10.0 Å². The van der Waals surface area contributed by atoms with E-state index in [1.807, 2.05) is 13.0 Å². The maximum absolute atomic E-state index is 14.4. The highest BCUT2D eigenvalue weighted by atomic mass is 35.5. The van der Waals surface area contributed by atoms with Crippen LogP contribution in [0.15, 0.2) is 53.9 Å². The second-order valence-electron chi connectivity index (χ2n) is 8.23. The second-order valence-corrected chi connectivity index (χ2v) is 9.07. The standard InChI is InChI=1S/C17H18Cl2FN3.C7H15N/c1-10(13-5-4-12(18)8-14(13)19)21-15-9-16(23-6-3-7-23)22-11(2)17(15)20;1-2-8-6-4-3-5-7-8/h4-5,8-10,21-22H,2-3,6-7H2,1H3;2-7H2,1H3. The molecule has 2 N–H and O–H groups in total. The van der Waals surface area contributed by atoms with E-state index in [2.05, 4.69) is 33.9 Å². The van der Waals surface area contributed by atoms with Crippen molar-refractivity contribution < 1.29 is 4.39 Å². The maximum Gasteiger partial charge on any atom is 0.169 e. The molecule has 7 heteroatoms. The van der Waals surface area contributed by atoms with Crippen LogP contribution < -0.4 is 10.6 Å². The Morgan fingerprint density at radius 3 is 2.39 bits per heavy atom. The highest BCUT2D eigenvalue weighted by Crippen LogP contribution is 2.29. The number of benzene rings is 1. The van der Waals surface area contributed by atoms with Crippen LogP contribution in [0.1, 0.15) is 51.1 Å². The molecule has 0 bridgehead atoms. The molecule has 3 aliphatic heterocycles. The Balaban J connectivity index is 0.000000287. The van der Waals surface area contributed by atoms with E-state index in [9.17, 15) is 4.39 Å². The number of dihydropyridines is 1. The number of nitrogens with one attached hydrogen (secondary N) is 2. The molecular formula is C24H33Cl2FN4. The monoisotopic (exact) mass is 466 g/mol. The first-order chi connectivity index (χ1) is 14.9. The molecule has 0 saturated carbocycles. The lowest BCUT2D eigenvalue weighted by Crippen LogP contribution is -2.42. The predicted molar refractivity (Wildman–Crippen MR) is 129 cm³/mol. The summed E-state index contributed by atoms with van der Waals surface area (Å²) in [5.41, 5.74) is 1.54. The van der Waals surface area contributed by atoms with Gasteiger partial charge < -0.3 is 20.4 Å². The van der Waals surface area contributed by atoms with Gasteiger partial charge in [0.2, 0.25) is 0 Å². The Bertz CT molecular complexity index is 842. The fourth-order valence-corrected chi connectivity index (χ4v) is 4.45. The molecule has 0 aromatic heterocycles. The molecule has 170 valence electrons. The van der Waals surface area contributed by atoms with E-state index >= 15 is 0 Å². The number of allylic oxidation sites excluding steroid dienone is 2. The highest BCUT2D eigenvalue weighted by Gasteiger charge is 2.24. The van der Waals surface area contributed by atoms with Gasteiger partial charge in [0.1, 0.15) is 5.82 Å². The summed E-state index contributed by atoms with van der Waals surface area (Å²) < 4.78 is 14.4. The lowest BCUT2D eigenvalue weighted by Gasteiger charge is -2.37. The summed E-state index contributed by atoms with van der Waals surface area (Å²) >= 11 is 12.2. The SMILES string of the molecule is C=C1NC(N2CCC2)=CC(NC(C)c2ccc(Cl)cc2Cl)=C1F.CCN1CCCCC1. The van der Waals surface area contributed by atoms with E-state index in [1.165, 1.54) is 38.9 Å². The van der Waals surface area contributed by atoms with E-state index in [0.717, 1.165) is 30.9 Å². The van der Waals surface area contributed by atoms with Crippen molar-refractivity contribution in [2.75, 3.05) is 32.7 Å². The minimum Gasteiger partial charge on any atom is -0.376 e. The van der Waals surface area contributed by atoms with Gasteiger partial charge in [-0.2, -0.15) is 0 Å². The number of rotatable bonds is 5. The third-order valence-corrected chi connectivity index (χ3v) is 6.52.